The minimum atomic E-state index is -0.305. The minimum Gasteiger partial charge on any atom is -0.339 e. The highest BCUT2D eigenvalue weighted by Gasteiger charge is 2.22. The van der Waals surface area contributed by atoms with Crippen LogP contribution in [0.2, 0.25) is 0 Å². The van der Waals surface area contributed by atoms with E-state index in [-0.39, 0.29) is 11.7 Å². The molecule has 19 heavy (non-hydrogen) atoms. The first kappa shape index (κ1) is 14.0. The van der Waals surface area contributed by atoms with Crippen molar-refractivity contribution in [1.29, 1.82) is 0 Å². The summed E-state index contributed by atoms with van der Waals surface area (Å²) in [6.07, 6.45) is 7.03. The highest BCUT2D eigenvalue weighted by molar-refractivity contribution is 5.94. The Morgan fingerprint density at radius 1 is 1.21 bits per heavy atom. The van der Waals surface area contributed by atoms with E-state index in [2.05, 4.69) is 0 Å². The molecule has 1 amide bonds. The summed E-state index contributed by atoms with van der Waals surface area (Å²) < 4.78 is 13.5. The lowest BCUT2D eigenvalue weighted by Crippen LogP contribution is -2.36. The molecule has 1 aromatic rings. The smallest absolute Gasteiger partial charge is 0.253 e. The number of nitrogens with zero attached hydrogens (tertiary/aromatic N) is 1. The van der Waals surface area contributed by atoms with E-state index >= 15 is 0 Å². The molecule has 0 saturated heterocycles. The number of carbonyl (C=O) groups is 1. The van der Waals surface area contributed by atoms with Gasteiger partial charge < -0.3 is 4.90 Å². The van der Waals surface area contributed by atoms with Gasteiger partial charge in [-0.25, -0.2) is 4.39 Å². The van der Waals surface area contributed by atoms with Gasteiger partial charge in [-0.05, 0) is 37.5 Å². The third kappa shape index (κ3) is 3.34. The molecule has 3 heteroatoms. The molecular formula is C16H22FNO. The van der Waals surface area contributed by atoms with Gasteiger partial charge in [0.25, 0.3) is 5.91 Å². The van der Waals surface area contributed by atoms with Crippen molar-refractivity contribution in [2.24, 2.45) is 0 Å². The summed E-state index contributed by atoms with van der Waals surface area (Å²) in [4.78, 5) is 14.2. The summed E-state index contributed by atoms with van der Waals surface area (Å²) in [5.74, 6) is -0.370. The zero-order valence-electron chi connectivity index (χ0n) is 11.8. The van der Waals surface area contributed by atoms with Crippen molar-refractivity contribution >= 4 is 5.91 Å². The number of rotatable bonds is 2. The third-order valence-electron chi connectivity index (χ3n) is 4.11. The molecule has 104 valence electrons. The van der Waals surface area contributed by atoms with Crippen LogP contribution in [-0.4, -0.2) is 23.9 Å². The van der Waals surface area contributed by atoms with E-state index in [4.69, 9.17) is 0 Å². The van der Waals surface area contributed by atoms with Gasteiger partial charge in [-0.15, -0.1) is 0 Å². The monoisotopic (exact) mass is 263 g/mol. The first-order valence-electron chi connectivity index (χ1n) is 7.13. The zero-order valence-corrected chi connectivity index (χ0v) is 11.8. The van der Waals surface area contributed by atoms with Gasteiger partial charge in [-0.3, -0.25) is 4.79 Å². The minimum absolute atomic E-state index is 0.0641. The van der Waals surface area contributed by atoms with Gasteiger partial charge in [-0.1, -0.05) is 31.7 Å². The molecule has 0 unspecified atom stereocenters. The average molecular weight is 263 g/mol. The first-order chi connectivity index (χ1) is 9.09. The third-order valence-corrected chi connectivity index (χ3v) is 4.11. The zero-order chi connectivity index (χ0) is 13.8. The van der Waals surface area contributed by atoms with Gasteiger partial charge in [-0.2, -0.15) is 0 Å². The molecule has 0 heterocycles. The molecule has 0 N–H and O–H groups in total. The molecule has 1 aromatic carbocycles. The van der Waals surface area contributed by atoms with Crippen molar-refractivity contribution in [2.75, 3.05) is 7.05 Å². The normalized spacial score (nSPS) is 17.0. The van der Waals surface area contributed by atoms with Gasteiger partial charge in [0, 0.05) is 18.7 Å². The van der Waals surface area contributed by atoms with Gasteiger partial charge in [0.15, 0.2) is 0 Å². The molecule has 0 aliphatic heterocycles. The number of amides is 1. The van der Waals surface area contributed by atoms with E-state index in [1.54, 1.807) is 24.0 Å². The Hall–Kier alpha value is -1.38. The Bertz CT molecular complexity index is 450. The fourth-order valence-corrected chi connectivity index (χ4v) is 2.74. The first-order valence-corrected chi connectivity index (χ1v) is 7.13. The average Bonchev–Trinajstić information content (AvgIpc) is 2.69. The molecule has 2 rings (SSSR count). The van der Waals surface area contributed by atoms with Crippen molar-refractivity contribution in [2.45, 2.75) is 51.5 Å². The van der Waals surface area contributed by atoms with Crippen molar-refractivity contribution in [3.8, 4) is 0 Å². The van der Waals surface area contributed by atoms with Gasteiger partial charge >= 0.3 is 0 Å². The van der Waals surface area contributed by atoms with Crippen LogP contribution in [0, 0.1) is 12.7 Å². The summed E-state index contributed by atoms with van der Waals surface area (Å²) in [5.41, 5.74) is 1.03. The Labute approximate surface area is 114 Å². The van der Waals surface area contributed by atoms with Crippen molar-refractivity contribution in [3.63, 3.8) is 0 Å². The van der Waals surface area contributed by atoms with Gasteiger partial charge in [0.2, 0.25) is 0 Å². The molecule has 0 aromatic heterocycles. The lowest BCUT2D eigenvalue weighted by Gasteiger charge is -2.27. The number of benzene rings is 1. The number of hydrogen-bond acceptors (Lipinski definition) is 1. The number of halogens is 1. The van der Waals surface area contributed by atoms with E-state index in [0.29, 0.717) is 17.2 Å². The van der Waals surface area contributed by atoms with Crippen LogP contribution in [0.4, 0.5) is 4.39 Å². The Morgan fingerprint density at radius 3 is 2.42 bits per heavy atom. The Kier molecular flexibility index (Phi) is 4.56. The van der Waals surface area contributed by atoms with Gasteiger partial charge in [0.1, 0.15) is 5.82 Å². The maximum absolute atomic E-state index is 13.5. The second-order valence-corrected chi connectivity index (χ2v) is 5.53. The van der Waals surface area contributed by atoms with Crippen LogP contribution in [0.25, 0.3) is 0 Å². The van der Waals surface area contributed by atoms with Crippen molar-refractivity contribution in [1.82, 2.24) is 4.90 Å². The molecular weight excluding hydrogens is 241 g/mol. The van der Waals surface area contributed by atoms with E-state index in [1.165, 1.54) is 31.7 Å². The predicted molar refractivity (Wildman–Crippen MR) is 74.7 cm³/mol. The highest BCUT2D eigenvalue weighted by Crippen LogP contribution is 2.22. The van der Waals surface area contributed by atoms with E-state index in [1.807, 2.05) is 7.05 Å². The SMILES string of the molecule is Cc1ccc(C(=O)N(C)C2CCCCCC2)cc1F. The maximum Gasteiger partial charge on any atom is 0.253 e. The summed E-state index contributed by atoms with van der Waals surface area (Å²) in [5, 5.41) is 0. The lowest BCUT2D eigenvalue weighted by molar-refractivity contribution is 0.0717. The second kappa shape index (κ2) is 6.18. The van der Waals surface area contributed by atoms with Crippen LogP contribution in [0.15, 0.2) is 18.2 Å². The summed E-state index contributed by atoms with van der Waals surface area (Å²) in [6.45, 7) is 1.71. The van der Waals surface area contributed by atoms with Crippen molar-refractivity contribution < 1.29 is 9.18 Å². The molecule has 1 fully saturated rings. The second-order valence-electron chi connectivity index (χ2n) is 5.53. The number of aryl methyl sites for hydroxylation is 1. The highest BCUT2D eigenvalue weighted by atomic mass is 19.1. The predicted octanol–water partition coefficient (Wildman–Crippen LogP) is 3.93. The van der Waals surface area contributed by atoms with E-state index in [0.717, 1.165) is 12.8 Å². The van der Waals surface area contributed by atoms with Crippen LogP contribution in [0.3, 0.4) is 0 Å². The Balaban J connectivity index is 2.10. The Morgan fingerprint density at radius 2 is 1.84 bits per heavy atom. The van der Waals surface area contributed by atoms with Crippen LogP contribution in [-0.2, 0) is 0 Å². The largest absolute Gasteiger partial charge is 0.339 e. The molecule has 0 bridgehead atoms. The van der Waals surface area contributed by atoms with Crippen LogP contribution < -0.4 is 0 Å². The summed E-state index contributed by atoms with van der Waals surface area (Å²) in [7, 11) is 1.84. The molecule has 0 radical (unpaired) electrons. The standard InChI is InChI=1S/C16H22FNO/c1-12-9-10-13(11-15(12)17)16(19)18(2)14-7-5-3-4-6-8-14/h9-11,14H,3-8H2,1-2H3. The summed E-state index contributed by atoms with van der Waals surface area (Å²) in [6, 6.07) is 5.04. The summed E-state index contributed by atoms with van der Waals surface area (Å²) >= 11 is 0. The molecule has 1 aliphatic carbocycles. The quantitative estimate of drug-likeness (QED) is 0.740. The van der Waals surface area contributed by atoms with Crippen LogP contribution in [0.5, 0.6) is 0 Å². The van der Waals surface area contributed by atoms with E-state index < -0.39 is 0 Å². The molecule has 2 nitrogen and oxygen atoms in total. The van der Waals surface area contributed by atoms with Crippen LogP contribution >= 0.6 is 0 Å². The fraction of sp³-hybridized carbons (Fsp3) is 0.562. The van der Waals surface area contributed by atoms with Gasteiger partial charge in [0.05, 0.1) is 0 Å². The number of carbonyl (C=O) groups excluding carboxylic acids is 1. The molecule has 0 spiro atoms. The molecule has 0 atom stereocenters. The topological polar surface area (TPSA) is 20.3 Å². The molecule has 1 saturated carbocycles. The lowest BCUT2D eigenvalue weighted by atomic mass is 10.1. The van der Waals surface area contributed by atoms with Crippen LogP contribution in [0.1, 0.15) is 54.4 Å². The van der Waals surface area contributed by atoms with E-state index in [9.17, 15) is 9.18 Å². The number of hydrogen-bond donors (Lipinski definition) is 0. The van der Waals surface area contributed by atoms with Crippen molar-refractivity contribution in [3.05, 3.63) is 35.1 Å². The fourth-order valence-electron chi connectivity index (χ4n) is 2.74. The maximum atomic E-state index is 13.5. The molecule has 1 aliphatic rings.